The largest absolute Gasteiger partial charge is 0.381 e. The van der Waals surface area contributed by atoms with E-state index in [4.69, 9.17) is 27.9 Å². The van der Waals surface area contributed by atoms with E-state index in [9.17, 15) is 13.2 Å². The van der Waals surface area contributed by atoms with Crippen molar-refractivity contribution in [2.75, 3.05) is 29.4 Å². The van der Waals surface area contributed by atoms with Crippen LogP contribution in [0.2, 0.25) is 10.0 Å². The van der Waals surface area contributed by atoms with E-state index in [-0.39, 0.29) is 26.8 Å². The van der Waals surface area contributed by atoms with Crippen molar-refractivity contribution in [1.29, 1.82) is 0 Å². The minimum absolute atomic E-state index is 0.0682. The Morgan fingerprint density at radius 1 is 1.03 bits per heavy atom. The van der Waals surface area contributed by atoms with Crippen molar-refractivity contribution in [3.63, 3.8) is 0 Å². The molecule has 0 atom stereocenters. The monoisotopic (exact) mass is 608 g/mol. The molecule has 0 aliphatic carbocycles. The SMILES string of the molecule is Cc1ccc(NS(=O)(=O)c2ccc(Cl)c(C(=O)N3CC4(CCOCC4)c4ccc(Br)cc43)c2)cc1Cl. The Morgan fingerprint density at radius 2 is 1.78 bits per heavy atom. The highest BCUT2D eigenvalue weighted by Crippen LogP contribution is 2.48. The summed E-state index contributed by atoms with van der Waals surface area (Å²) in [4.78, 5) is 15.5. The maximum absolute atomic E-state index is 13.8. The molecule has 1 saturated heterocycles. The number of nitrogens with one attached hydrogen (secondary N) is 1. The minimum Gasteiger partial charge on any atom is -0.381 e. The molecule has 0 unspecified atom stereocenters. The molecule has 0 radical (unpaired) electrons. The molecule has 2 aliphatic heterocycles. The van der Waals surface area contributed by atoms with Gasteiger partial charge in [-0.15, -0.1) is 0 Å². The Kier molecular flexibility index (Phi) is 6.85. The second kappa shape index (κ2) is 9.65. The van der Waals surface area contributed by atoms with Crippen LogP contribution in [-0.2, 0) is 20.2 Å². The molecule has 0 aromatic heterocycles. The number of fused-ring (bicyclic) bond motifs is 2. The molecule has 6 nitrogen and oxygen atoms in total. The highest BCUT2D eigenvalue weighted by Gasteiger charge is 2.46. The van der Waals surface area contributed by atoms with Crippen molar-refractivity contribution in [1.82, 2.24) is 0 Å². The summed E-state index contributed by atoms with van der Waals surface area (Å²) in [7, 11) is -4.00. The van der Waals surface area contributed by atoms with Crippen molar-refractivity contribution in [2.24, 2.45) is 0 Å². The second-order valence-electron chi connectivity index (χ2n) is 9.16. The van der Waals surface area contributed by atoms with Gasteiger partial charge in [-0.25, -0.2) is 8.42 Å². The number of sulfonamides is 1. The third-order valence-electron chi connectivity index (χ3n) is 6.88. The number of aryl methyl sites for hydroxylation is 1. The van der Waals surface area contributed by atoms with Gasteiger partial charge in [0.25, 0.3) is 15.9 Å². The third-order valence-corrected chi connectivity index (χ3v) is 9.49. The number of rotatable bonds is 4. The molecule has 1 spiro atoms. The van der Waals surface area contributed by atoms with E-state index in [2.05, 4.69) is 26.7 Å². The topological polar surface area (TPSA) is 75.7 Å². The standard InChI is InChI=1S/C26H23BrCl2N2O4S/c1-16-2-4-18(13-23(16)29)30-36(33,34)19-5-7-22(28)20(14-19)25(32)31-15-26(8-10-35-11-9-26)21-6-3-17(27)12-24(21)31/h2-7,12-14,30H,8-11,15H2,1H3. The Balaban J connectivity index is 1.50. The van der Waals surface area contributed by atoms with E-state index in [0.29, 0.717) is 30.5 Å². The molecule has 3 aromatic rings. The van der Waals surface area contributed by atoms with Gasteiger partial charge in [0, 0.05) is 40.4 Å². The predicted octanol–water partition coefficient (Wildman–Crippen LogP) is 6.57. The lowest BCUT2D eigenvalue weighted by molar-refractivity contribution is 0.0547. The van der Waals surface area contributed by atoms with E-state index >= 15 is 0 Å². The fourth-order valence-electron chi connectivity index (χ4n) is 4.87. The van der Waals surface area contributed by atoms with Gasteiger partial charge in [-0.2, -0.15) is 0 Å². The van der Waals surface area contributed by atoms with Crippen LogP contribution in [0.3, 0.4) is 0 Å². The van der Waals surface area contributed by atoms with Crippen LogP contribution >= 0.6 is 39.1 Å². The molecule has 36 heavy (non-hydrogen) atoms. The number of anilines is 2. The summed E-state index contributed by atoms with van der Waals surface area (Å²) in [5, 5.41) is 0.630. The number of hydrogen-bond acceptors (Lipinski definition) is 4. The number of ether oxygens (including phenoxy) is 1. The molecule has 1 amide bonds. The Hall–Kier alpha value is -2.10. The third kappa shape index (κ3) is 4.65. The Labute approximate surface area is 228 Å². The molecule has 1 N–H and O–H groups in total. The van der Waals surface area contributed by atoms with Gasteiger partial charge in [0.15, 0.2) is 0 Å². The van der Waals surface area contributed by atoms with Crippen LogP contribution in [0.1, 0.15) is 34.3 Å². The second-order valence-corrected chi connectivity index (χ2v) is 12.6. The molecule has 0 bridgehead atoms. The Bertz CT molecular complexity index is 1470. The number of benzene rings is 3. The molecule has 3 aromatic carbocycles. The van der Waals surface area contributed by atoms with Crippen LogP contribution in [0.25, 0.3) is 0 Å². The number of halogens is 3. The quantitative estimate of drug-likeness (QED) is 0.363. The first-order valence-electron chi connectivity index (χ1n) is 11.4. The van der Waals surface area contributed by atoms with E-state index in [1.807, 2.05) is 19.1 Å². The van der Waals surface area contributed by atoms with Crippen molar-refractivity contribution < 1.29 is 17.9 Å². The molecule has 1 fully saturated rings. The fraction of sp³-hybridized carbons (Fsp3) is 0.269. The van der Waals surface area contributed by atoms with Crippen LogP contribution in [0.5, 0.6) is 0 Å². The molecule has 10 heteroatoms. The average molecular weight is 610 g/mol. The summed E-state index contributed by atoms with van der Waals surface area (Å²) in [5.74, 6) is -0.349. The van der Waals surface area contributed by atoms with Gasteiger partial charge in [0.05, 0.1) is 21.2 Å². The molecule has 5 rings (SSSR count). The zero-order chi connectivity index (χ0) is 25.7. The lowest BCUT2D eigenvalue weighted by Crippen LogP contribution is -2.40. The van der Waals surface area contributed by atoms with Crippen molar-refractivity contribution in [2.45, 2.75) is 30.1 Å². The summed E-state index contributed by atoms with van der Waals surface area (Å²) >= 11 is 16.1. The van der Waals surface area contributed by atoms with Gasteiger partial charge in [-0.05, 0) is 73.4 Å². The average Bonchev–Trinajstić information content (AvgIpc) is 3.14. The zero-order valence-corrected chi connectivity index (χ0v) is 23.3. The fourth-order valence-corrected chi connectivity index (χ4v) is 6.67. The first-order valence-corrected chi connectivity index (χ1v) is 14.4. The number of amides is 1. The highest BCUT2D eigenvalue weighted by atomic mass is 79.9. The van der Waals surface area contributed by atoms with Crippen LogP contribution in [0.4, 0.5) is 11.4 Å². The first kappa shape index (κ1) is 25.5. The summed E-state index contributed by atoms with van der Waals surface area (Å²) in [5.41, 5.74) is 2.98. The lowest BCUT2D eigenvalue weighted by atomic mass is 9.76. The van der Waals surface area contributed by atoms with Crippen LogP contribution < -0.4 is 9.62 Å². The Morgan fingerprint density at radius 3 is 2.50 bits per heavy atom. The van der Waals surface area contributed by atoms with E-state index in [0.717, 1.165) is 34.1 Å². The number of carbonyl (C=O) groups is 1. The summed E-state index contributed by atoms with van der Waals surface area (Å²) in [6.07, 6.45) is 1.60. The molecule has 2 heterocycles. The maximum atomic E-state index is 13.8. The highest BCUT2D eigenvalue weighted by molar-refractivity contribution is 9.10. The van der Waals surface area contributed by atoms with Gasteiger partial charge in [0.1, 0.15) is 0 Å². The number of carbonyl (C=O) groups excluding carboxylic acids is 1. The van der Waals surface area contributed by atoms with Gasteiger partial charge in [-0.1, -0.05) is 51.3 Å². The van der Waals surface area contributed by atoms with E-state index in [1.54, 1.807) is 23.1 Å². The molecule has 188 valence electrons. The van der Waals surface area contributed by atoms with Crippen LogP contribution in [-0.4, -0.2) is 34.1 Å². The van der Waals surface area contributed by atoms with Crippen LogP contribution in [0, 0.1) is 6.92 Å². The lowest BCUT2D eigenvalue weighted by Gasteiger charge is -2.34. The van der Waals surface area contributed by atoms with E-state index < -0.39 is 10.0 Å². The maximum Gasteiger partial charge on any atom is 0.261 e. The molecule has 0 saturated carbocycles. The number of nitrogens with zero attached hydrogens (tertiary/aromatic N) is 1. The smallest absolute Gasteiger partial charge is 0.261 e. The van der Waals surface area contributed by atoms with Gasteiger partial charge >= 0.3 is 0 Å². The van der Waals surface area contributed by atoms with Gasteiger partial charge in [-0.3, -0.25) is 9.52 Å². The number of hydrogen-bond donors (Lipinski definition) is 1. The minimum atomic E-state index is -4.00. The van der Waals surface area contributed by atoms with Gasteiger partial charge in [0.2, 0.25) is 0 Å². The van der Waals surface area contributed by atoms with Crippen molar-refractivity contribution in [3.8, 4) is 0 Å². The molecular weight excluding hydrogens is 587 g/mol. The molecule has 2 aliphatic rings. The first-order chi connectivity index (χ1) is 17.1. The molecular formula is C26H23BrCl2N2O4S. The summed E-state index contributed by atoms with van der Waals surface area (Å²) in [6, 6.07) is 15.0. The van der Waals surface area contributed by atoms with Crippen molar-refractivity contribution in [3.05, 3.63) is 85.8 Å². The zero-order valence-electron chi connectivity index (χ0n) is 19.4. The normalized spacial score (nSPS) is 16.7. The summed E-state index contributed by atoms with van der Waals surface area (Å²) in [6.45, 7) is 3.56. The summed E-state index contributed by atoms with van der Waals surface area (Å²) < 4.78 is 35.3. The van der Waals surface area contributed by atoms with Crippen molar-refractivity contribution >= 4 is 66.4 Å². The van der Waals surface area contributed by atoms with Crippen LogP contribution in [0.15, 0.2) is 64.0 Å². The van der Waals surface area contributed by atoms with E-state index in [1.165, 1.54) is 18.2 Å². The predicted molar refractivity (Wildman–Crippen MR) is 146 cm³/mol. The van der Waals surface area contributed by atoms with Gasteiger partial charge < -0.3 is 9.64 Å².